The van der Waals surface area contributed by atoms with E-state index in [1.54, 1.807) is 19.1 Å². The first kappa shape index (κ1) is 21.7. The summed E-state index contributed by atoms with van der Waals surface area (Å²) in [4.78, 5) is 27.5. The number of rotatable bonds is 6. The first-order valence-electron chi connectivity index (χ1n) is 10.2. The first-order valence-corrected chi connectivity index (χ1v) is 12.0. The quantitative estimate of drug-likeness (QED) is 0.655. The number of nitrogens with zero attached hydrogens (tertiary/aromatic N) is 1. The summed E-state index contributed by atoms with van der Waals surface area (Å²) in [5.41, 5.74) is -0.161. The zero-order chi connectivity index (χ0) is 21.2. The maximum absolute atomic E-state index is 13.3. The second kappa shape index (κ2) is 8.42. The van der Waals surface area contributed by atoms with Crippen molar-refractivity contribution in [3.05, 3.63) is 35.6 Å². The van der Waals surface area contributed by atoms with E-state index in [-0.39, 0.29) is 29.3 Å². The monoisotopic (exact) mass is 425 g/mol. The minimum atomic E-state index is -3.13. The van der Waals surface area contributed by atoms with Crippen molar-refractivity contribution in [2.75, 3.05) is 18.1 Å². The highest BCUT2D eigenvalue weighted by Gasteiger charge is 2.46. The van der Waals surface area contributed by atoms with Crippen LogP contribution in [0, 0.1) is 5.82 Å². The van der Waals surface area contributed by atoms with Gasteiger partial charge in [-0.05, 0) is 50.8 Å². The van der Waals surface area contributed by atoms with E-state index in [1.807, 2.05) is 0 Å². The van der Waals surface area contributed by atoms with E-state index in [0.717, 1.165) is 12.8 Å². The van der Waals surface area contributed by atoms with Gasteiger partial charge < -0.3 is 9.64 Å². The lowest BCUT2D eigenvalue weighted by molar-refractivity contribution is -0.164. The lowest BCUT2D eigenvalue weighted by atomic mass is 9.79. The number of sulfone groups is 1. The summed E-state index contributed by atoms with van der Waals surface area (Å²) in [6.45, 7) is 3.66. The highest BCUT2D eigenvalue weighted by Crippen LogP contribution is 2.42. The molecule has 2 aliphatic rings. The molecule has 0 bridgehead atoms. The summed E-state index contributed by atoms with van der Waals surface area (Å²) in [5, 5.41) is 0. The third kappa shape index (κ3) is 4.47. The van der Waals surface area contributed by atoms with Crippen molar-refractivity contribution in [2.24, 2.45) is 0 Å². The topological polar surface area (TPSA) is 80.8 Å². The van der Waals surface area contributed by atoms with Gasteiger partial charge in [0.2, 0.25) is 0 Å². The molecular weight excluding hydrogens is 397 g/mol. The minimum Gasteiger partial charge on any atom is -0.452 e. The zero-order valence-electron chi connectivity index (χ0n) is 16.9. The Morgan fingerprint density at radius 2 is 1.86 bits per heavy atom. The maximum Gasteiger partial charge on any atom is 0.317 e. The number of amides is 1. The molecule has 1 aromatic rings. The molecule has 0 spiro atoms. The number of hydrogen-bond donors (Lipinski definition) is 0. The van der Waals surface area contributed by atoms with Gasteiger partial charge in [0.25, 0.3) is 5.91 Å². The second-order valence-electron chi connectivity index (χ2n) is 8.02. The predicted molar refractivity (Wildman–Crippen MR) is 107 cm³/mol. The summed E-state index contributed by atoms with van der Waals surface area (Å²) >= 11 is 0. The van der Waals surface area contributed by atoms with Crippen LogP contribution in [0.2, 0.25) is 0 Å². The van der Waals surface area contributed by atoms with Gasteiger partial charge in [-0.3, -0.25) is 9.59 Å². The average molecular weight is 426 g/mol. The van der Waals surface area contributed by atoms with E-state index in [0.29, 0.717) is 31.4 Å². The van der Waals surface area contributed by atoms with Crippen LogP contribution in [0.3, 0.4) is 0 Å². The molecule has 0 radical (unpaired) electrons. The van der Waals surface area contributed by atoms with Crippen LogP contribution in [0.25, 0.3) is 0 Å². The van der Waals surface area contributed by atoms with Gasteiger partial charge in [-0.1, -0.05) is 25.0 Å². The number of benzene rings is 1. The Kier molecular flexibility index (Phi) is 6.31. The molecule has 2 atom stereocenters. The summed E-state index contributed by atoms with van der Waals surface area (Å²) in [6.07, 6.45) is 2.30. The van der Waals surface area contributed by atoms with E-state index < -0.39 is 27.3 Å². The van der Waals surface area contributed by atoms with Crippen LogP contribution >= 0.6 is 0 Å². The smallest absolute Gasteiger partial charge is 0.317 e. The van der Waals surface area contributed by atoms with Crippen molar-refractivity contribution in [2.45, 2.75) is 63.5 Å². The zero-order valence-corrected chi connectivity index (χ0v) is 17.7. The summed E-state index contributed by atoms with van der Waals surface area (Å²) in [5.74, 6) is -1.20. The van der Waals surface area contributed by atoms with Crippen molar-refractivity contribution in [3.63, 3.8) is 0 Å². The molecule has 29 heavy (non-hydrogen) atoms. The van der Waals surface area contributed by atoms with Crippen molar-refractivity contribution in [1.29, 1.82) is 0 Å². The number of esters is 1. The Bertz CT molecular complexity index is 862. The molecule has 160 valence electrons. The highest BCUT2D eigenvalue weighted by molar-refractivity contribution is 7.91. The van der Waals surface area contributed by atoms with E-state index in [9.17, 15) is 22.4 Å². The van der Waals surface area contributed by atoms with Crippen molar-refractivity contribution in [3.8, 4) is 0 Å². The van der Waals surface area contributed by atoms with Crippen molar-refractivity contribution >= 4 is 21.7 Å². The number of halogens is 1. The molecule has 1 heterocycles. The molecular formula is C21H28FNO5S. The molecule has 8 heteroatoms. The minimum absolute atomic E-state index is 0.0488. The molecule has 1 aliphatic carbocycles. The lowest BCUT2D eigenvalue weighted by Gasteiger charge is -2.32. The molecule has 1 amide bonds. The number of carbonyl (C=O) groups excluding carboxylic acids is 2. The molecule has 0 aromatic heterocycles. The van der Waals surface area contributed by atoms with Gasteiger partial charge >= 0.3 is 5.97 Å². The molecule has 2 fully saturated rings. The van der Waals surface area contributed by atoms with Crippen LogP contribution in [0.5, 0.6) is 0 Å². The molecule has 1 saturated heterocycles. The number of hydrogen-bond acceptors (Lipinski definition) is 5. The largest absolute Gasteiger partial charge is 0.452 e. The molecule has 1 aliphatic heterocycles. The van der Waals surface area contributed by atoms with Gasteiger partial charge in [0.05, 0.1) is 16.9 Å². The lowest BCUT2D eigenvalue weighted by Crippen LogP contribution is -2.48. The number of likely N-dealkylation sites (N-methyl/N-ethyl adjacent to an activating group) is 1. The number of carbonyl (C=O) groups is 2. The van der Waals surface area contributed by atoms with E-state index in [1.165, 1.54) is 24.0 Å². The van der Waals surface area contributed by atoms with Crippen LogP contribution in [0.4, 0.5) is 4.39 Å². The normalized spacial score (nSPS) is 23.5. The summed E-state index contributed by atoms with van der Waals surface area (Å²) < 4.78 is 42.5. The molecule has 1 saturated carbocycles. The van der Waals surface area contributed by atoms with E-state index >= 15 is 0 Å². The van der Waals surface area contributed by atoms with Gasteiger partial charge in [0.15, 0.2) is 15.9 Å². The highest BCUT2D eigenvalue weighted by atomic mass is 32.2. The van der Waals surface area contributed by atoms with Gasteiger partial charge in [0.1, 0.15) is 5.82 Å². The Balaban J connectivity index is 1.74. The summed E-state index contributed by atoms with van der Waals surface area (Å²) in [6, 6.07) is 5.50. The van der Waals surface area contributed by atoms with Gasteiger partial charge in [-0.2, -0.15) is 0 Å². The van der Waals surface area contributed by atoms with Gasteiger partial charge in [-0.15, -0.1) is 0 Å². The fourth-order valence-electron chi connectivity index (χ4n) is 4.53. The van der Waals surface area contributed by atoms with Crippen molar-refractivity contribution in [1.82, 2.24) is 4.90 Å². The first-order chi connectivity index (χ1) is 13.7. The molecule has 0 N–H and O–H groups in total. The Labute approximate surface area is 171 Å². The third-order valence-electron chi connectivity index (χ3n) is 6.15. The van der Waals surface area contributed by atoms with Crippen molar-refractivity contribution < 1.29 is 27.1 Å². The SMILES string of the molecule is CCN(C(=O)[C@H](C)OC(=O)C1(c2ccc(F)cc2)CCCC1)[C@H]1CCS(=O)(=O)C1. The van der Waals surface area contributed by atoms with E-state index in [4.69, 9.17) is 4.74 Å². The van der Waals surface area contributed by atoms with Crippen LogP contribution in [0.15, 0.2) is 24.3 Å². The maximum atomic E-state index is 13.3. The molecule has 3 rings (SSSR count). The van der Waals surface area contributed by atoms with Gasteiger partial charge in [0, 0.05) is 12.6 Å². The Hall–Kier alpha value is -1.96. The molecule has 0 unspecified atom stereocenters. The number of ether oxygens (including phenoxy) is 1. The second-order valence-corrected chi connectivity index (χ2v) is 10.3. The van der Waals surface area contributed by atoms with Crippen LogP contribution < -0.4 is 0 Å². The standard InChI is InChI=1S/C21H28FNO5S/c1-3-23(18-10-13-29(26,27)14-18)19(24)15(2)28-20(25)21(11-4-5-12-21)16-6-8-17(22)9-7-16/h6-9,15,18H,3-5,10-14H2,1-2H3/t15-,18-/m0/s1. The fourth-order valence-corrected chi connectivity index (χ4v) is 6.26. The average Bonchev–Trinajstić information content (AvgIpc) is 3.30. The van der Waals surface area contributed by atoms with E-state index in [2.05, 4.69) is 0 Å². The predicted octanol–water partition coefficient (Wildman–Crippen LogP) is 2.60. The third-order valence-corrected chi connectivity index (χ3v) is 7.90. The van der Waals surface area contributed by atoms with Crippen LogP contribution in [-0.4, -0.2) is 55.4 Å². The fraction of sp³-hybridized carbons (Fsp3) is 0.619. The summed E-state index contributed by atoms with van der Waals surface area (Å²) in [7, 11) is -3.13. The van der Waals surface area contributed by atoms with Crippen LogP contribution in [-0.2, 0) is 29.6 Å². The molecule has 1 aromatic carbocycles. The van der Waals surface area contributed by atoms with Gasteiger partial charge in [-0.25, -0.2) is 12.8 Å². The molecule has 6 nitrogen and oxygen atoms in total. The Morgan fingerprint density at radius 1 is 1.24 bits per heavy atom. The van der Waals surface area contributed by atoms with Crippen LogP contribution in [0.1, 0.15) is 51.5 Å². The Morgan fingerprint density at radius 3 is 2.38 bits per heavy atom.